The Hall–Kier alpha value is -2.57. The summed E-state index contributed by atoms with van der Waals surface area (Å²) >= 11 is 5.00. The smallest absolute Gasteiger partial charge is 0.255 e. The monoisotopic (exact) mass is 494 g/mol. The number of carbonyl (C=O) groups is 2. The minimum atomic E-state index is -0.172. The molecule has 2 amide bonds. The molecule has 4 rings (SSSR count). The van der Waals surface area contributed by atoms with Crippen molar-refractivity contribution in [3.05, 3.63) is 94.0 Å². The third-order valence-corrected chi connectivity index (χ3v) is 6.93. The van der Waals surface area contributed by atoms with Crippen LogP contribution in [0.2, 0.25) is 0 Å². The SMILES string of the molecule is CC(C)c1ccc(N2C(=O)CSC2c2cccc(NC(=O)c3cccc(Br)c3)c2)cc1. The number of carbonyl (C=O) groups excluding carboxylic acids is 2. The van der Waals surface area contributed by atoms with Crippen LogP contribution in [0.15, 0.2) is 77.3 Å². The van der Waals surface area contributed by atoms with Crippen molar-refractivity contribution in [2.45, 2.75) is 25.1 Å². The van der Waals surface area contributed by atoms with E-state index in [0.29, 0.717) is 22.9 Å². The summed E-state index contributed by atoms with van der Waals surface area (Å²) in [5.74, 6) is 0.801. The largest absolute Gasteiger partial charge is 0.322 e. The number of halogens is 1. The topological polar surface area (TPSA) is 49.4 Å². The predicted octanol–water partition coefficient (Wildman–Crippen LogP) is 6.60. The van der Waals surface area contributed by atoms with Gasteiger partial charge in [0.2, 0.25) is 5.91 Å². The Morgan fingerprint density at radius 1 is 1.06 bits per heavy atom. The molecule has 1 heterocycles. The van der Waals surface area contributed by atoms with Crippen LogP contribution >= 0.6 is 27.7 Å². The molecular weight excluding hydrogens is 472 g/mol. The Kier molecular flexibility index (Phi) is 6.49. The molecule has 158 valence electrons. The average molecular weight is 495 g/mol. The Bertz CT molecular complexity index is 1110. The summed E-state index contributed by atoms with van der Waals surface area (Å²) in [6.45, 7) is 4.31. The minimum absolute atomic E-state index is 0.0934. The van der Waals surface area contributed by atoms with Crippen molar-refractivity contribution >= 4 is 50.9 Å². The standard InChI is InChI=1S/C25H23BrN2O2S/c1-16(2)17-9-11-22(12-10-17)28-23(29)15-31-25(28)19-6-4-8-21(14-19)27-24(30)18-5-3-7-20(26)13-18/h3-14,16,25H,15H2,1-2H3,(H,27,30). The van der Waals surface area contributed by atoms with Gasteiger partial charge >= 0.3 is 0 Å². The number of anilines is 2. The van der Waals surface area contributed by atoms with Crippen LogP contribution in [0.3, 0.4) is 0 Å². The Labute approximate surface area is 195 Å². The Balaban J connectivity index is 1.57. The molecule has 1 aliphatic heterocycles. The molecule has 1 aliphatic rings. The second-order valence-corrected chi connectivity index (χ2v) is 9.75. The van der Waals surface area contributed by atoms with Gasteiger partial charge in [0.15, 0.2) is 0 Å². The molecule has 31 heavy (non-hydrogen) atoms. The molecule has 0 saturated carbocycles. The minimum Gasteiger partial charge on any atom is -0.322 e. The summed E-state index contributed by atoms with van der Waals surface area (Å²) in [6, 6.07) is 23.2. The molecule has 0 aliphatic carbocycles. The van der Waals surface area contributed by atoms with E-state index in [9.17, 15) is 9.59 Å². The van der Waals surface area contributed by atoms with Gasteiger partial charge in [0.05, 0.1) is 5.75 Å². The van der Waals surface area contributed by atoms with Gasteiger partial charge < -0.3 is 5.32 Å². The number of nitrogens with zero attached hydrogens (tertiary/aromatic N) is 1. The molecule has 1 unspecified atom stereocenters. The predicted molar refractivity (Wildman–Crippen MR) is 132 cm³/mol. The van der Waals surface area contributed by atoms with Crippen molar-refractivity contribution in [2.75, 3.05) is 16.0 Å². The number of amides is 2. The fourth-order valence-electron chi connectivity index (χ4n) is 3.57. The zero-order chi connectivity index (χ0) is 22.0. The van der Waals surface area contributed by atoms with Gasteiger partial charge in [-0.3, -0.25) is 14.5 Å². The van der Waals surface area contributed by atoms with Crippen molar-refractivity contribution in [1.29, 1.82) is 0 Å². The molecule has 1 N–H and O–H groups in total. The van der Waals surface area contributed by atoms with Gasteiger partial charge in [0, 0.05) is 21.4 Å². The normalized spacial score (nSPS) is 16.1. The molecular formula is C25H23BrN2O2S. The van der Waals surface area contributed by atoms with Crippen LogP contribution < -0.4 is 10.2 Å². The molecule has 1 saturated heterocycles. The zero-order valence-electron chi connectivity index (χ0n) is 17.3. The molecule has 0 radical (unpaired) electrons. The molecule has 0 spiro atoms. The van der Waals surface area contributed by atoms with Gasteiger partial charge in [-0.05, 0) is 59.5 Å². The lowest BCUT2D eigenvalue weighted by atomic mass is 10.0. The zero-order valence-corrected chi connectivity index (χ0v) is 19.7. The highest BCUT2D eigenvalue weighted by atomic mass is 79.9. The van der Waals surface area contributed by atoms with Crippen molar-refractivity contribution in [3.8, 4) is 0 Å². The molecule has 1 fully saturated rings. The quantitative estimate of drug-likeness (QED) is 0.434. The van der Waals surface area contributed by atoms with Crippen LogP contribution in [-0.2, 0) is 4.79 Å². The van der Waals surface area contributed by atoms with Gasteiger partial charge in [0.1, 0.15) is 5.37 Å². The van der Waals surface area contributed by atoms with Crippen molar-refractivity contribution in [3.63, 3.8) is 0 Å². The van der Waals surface area contributed by atoms with E-state index >= 15 is 0 Å². The number of hydrogen-bond acceptors (Lipinski definition) is 3. The highest BCUT2D eigenvalue weighted by Gasteiger charge is 2.34. The van der Waals surface area contributed by atoms with Crippen LogP contribution in [-0.4, -0.2) is 17.6 Å². The number of nitrogens with one attached hydrogen (secondary N) is 1. The van der Waals surface area contributed by atoms with Crippen molar-refractivity contribution in [1.82, 2.24) is 0 Å². The summed E-state index contributed by atoms with van der Waals surface area (Å²) < 4.78 is 0.855. The summed E-state index contributed by atoms with van der Waals surface area (Å²) in [7, 11) is 0. The van der Waals surface area contributed by atoms with Crippen LogP contribution in [0.4, 0.5) is 11.4 Å². The summed E-state index contributed by atoms with van der Waals surface area (Å²) in [5, 5.41) is 2.84. The Morgan fingerprint density at radius 3 is 2.52 bits per heavy atom. The van der Waals surface area contributed by atoms with Crippen molar-refractivity contribution < 1.29 is 9.59 Å². The van der Waals surface area contributed by atoms with Crippen molar-refractivity contribution in [2.24, 2.45) is 0 Å². The fraction of sp³-hybridized carbons (Fsp3) is 0.200. The average Bonchev–Trinajstić information content (AvgIpc) is 3.15. The molecule has 4 nitrogen and oxygen atoms in total. The first-order valence-corrected chi connectivity index (χ1v) is 12.0. The van der Waals surface area contributed by atoms with Gasteiger partial charge in [-0.25, -0.2) is 0 Å². The van der Waals surface area contributed by atoms with Crippen LogP contribution in [0.25, 0.3) is 0 Å². The first-order valence-electron chi connectivity index (χ1n) is 10.1. The lowest BCUT2D eigenvalue weighted by Crippen LogP contribution is -2.27. The third-order valence-electron chi connectivity index (χ3n) is 5.22. The molecule has 3 aromatic carbocycles. The number of benzene rings is 3. The number of rotatable bonds is 5. The van der Waals surface area contributed by atoms with E-state index in [1.54, 1.807) is 23.9 Å². The molecule has 1 atom stereocenters. The van der Waals surface area contributed by atoms with E-state index in [2.05, 4.69) is 47.2 Å². The lowest BCUT2D eigenvalue weighted by Gasteiger charge is -2.25. The van der Waals surface area contributed by atoms with E-state index in [0.717, 1.165) is 15.7 Å². The molecule has 0 aromatic heterocycles. The van der Waals surface area contributed by atoms with Gasteiger partial charge in [0.25, 0.3) is 5.91 Å². The summed E-state index contributed by atoms with van der Waals surface area (Å²) in [5.41, 5.74) is 4.41. The molecule has 0 bridgehead atoms. The fourth-order valence-corrected chi connectivity index (χ4v) is 5.14. The van der Waals surface area contributed by atoms with E-state index in [1.165, 1.54) is 5.56 Å². The first kappa shape index (κ1) is 21.7. The molecule has 6 heteroatoms. The van der Waals surface area contributed by atoms with Gasteiger partial charge in [-0.1, -0.05) is 60.1 Å². The van der Waals surface area contributed by atoms with E-state index in [-0.39, 0.29) is 17.2 Å². The van der Waals surface area contributed by atoms with Gasteiger partial charge in [-0.15, -0.1) is 11.8 Å². The first-order chi connectivity index (χ1) is 14.9. The number of thioether (sulfide) groups is 1. The highest BCUT2D eigenvalue weighted by molar-refractivity contribution is 9.10. The summed E-state index contributed by atoms with van der Waals surface area (Å²) in [6.07, 6.45) is 0. The van der Waals surface area contributed by atoms with E-state index < -0.39 is 0 Å². The Morgan fingerprint density at radius 2 is 1.81 bits per heavy atom. The molecule has 3 aromatic rings. The number of hydrogen-bond donors (Lipinski definition) is 1. The third kappa shape index (κ3) is 4.86. The van der Waals surface area contributed by atoms with Crippen LogP contribution in [0, 0.1) is 0 Å². The maximum atomic E-state index is 12.7. The van der Waals surface area contributed by atoms with Crippen LogP contribution in [0.1, 0.15) is 46.6 Å². The highest BCUT2D eigenvalue weighted by Crippen LogP contribution is 2.42. The second-order valence-electron chi connectivity index (χ2n) is 7.76. The van der Waals surface area contributed by atoms with Crippen LogP contribution in [0.5, 0.6) is 0 Å². The van der Waals surface area contributed by atoms with E-state index in [4.69, 9.17) is 0 Å². The lowest BCUT2D eigenvalue weighted by molar-refractivity contribution is -0.115. The summed E-state index contributed by atoms with van der Waals surface area (Å²) in [4.78, 5) is 27.2. The van der Waals surface area contributed by atoms with Gasteiger partial charge in [-0.2, -0.15) is 0 Å². The van der Waals surface area contributed by atoms with E-state index in [1.807, 2.05) is 53.4 Å². The maximum absolute atomic E-state index is 12.7. The maximum Gasteiger partial charge on any atom is 0.255 e. The second kappa shape index (κ2) is 9.28.